The highest BCUT2D eigenvalue weighted by atomic mass is 32.2. The van der Waals surface area contributed by atoms with Crippen LogP contribution in [-0.2, 0) is 19.9 Å². The molecule has 5 aromatic rings. The van der Waals surface area contributed by atoms with Crippen LogP contribution in [0.15, 0.2) is 125 Å². The second kappa shape index (κ2) is 7.31. The predicted octanol–water partition coefficient (Wildman–Crippen LogP) is 7.11. The van der Waals surface area contributed by atoms with Crippen molar-refractivity contribution in [3.05, 3.63) is 121 Å². The SMILES string of the molecule is O=[S+](Cc1c2ccccc2cc2ccccc12)(c1ccccc1)c1ccccc1. The van der Waals surface area contributed by atoms with Crippen LogP contribution in [0.3, 0.4) is 0 Å². The van der Waals surface area contributed by atoms with Gasteiger partial charge in [-0.15, -0.1) is 0 Å². The molecule has 0 heterocycles. The molecular formula is C27H21OS+. The van der Waals surface area contributed by atoms with E-state index in [2.05, 4.69) is 54.6 Å². The summed E-state index contributed by atoms with van der Waals surface area (Å²) in [6.07, 6.45) is 0. The zero-order chi connectivity index (χ0) is 19.7. The Labute approximate surface area is 172 Å². The molecule has 0 aliphatic carbocycles. The smallest absolute Gasteiger partial charge is 0.0933 e. The highest BCUT2D eigenvalue weighted by molar-refractivity contribution is 8.02. The second-order valence-corrected chi connectivity index (χ2v) is 9.83. The fraction of sp³-hybridized carbons (Fsp3) is 0.0370. The van der Waals surface area contributed by atoms with Crippen LogP contribution in [-0.4, -0.2) is 0 Å². The maximum absolute atomic E-state index is 14.6. The first-order chi connectivity index (χ1) is 14.3. The summed E-state index contributed by atoms with van der Waals surface area (Å²) in [5.41, 5.74) is 1.15. The van der Waals surface area contributed by atoms with Gasteiger partial charge in [-0.05, 0) is 51.9 Å². The largest absolute Gasteiger partial charge is 0.163 e. The molecule has 5 aromatic carbocycles. The van der Waals surface area contributed by atoms with Gasteiger partial charge in [-0.1, -0.05) is 89.1 Å². The Bertz CT molecular complexity index is 1240. The van der Waals surface area contributed by atoms with Gasteiger partial charge in [0.25, 0.3) is 0 Å². The van der Waals surface area contributed by atoms with E-state index in [4.69, 9.17) is 0 Å². The lowest BCUT2D eigenvalue weighted by molar-refractivity contribution is 0.583. The number of hydrogen-bond acceptors (Lipinski definition) is 1. The van der Waals surface area contributed by atoms with E-state index in [0.717, 1.165) is 15.4 Å². The minimum atomic E-state index is -2.48. The minimum absolute atomic E-state index is 0.475. The van der Waals surface area contributed by atoms with Crippen LogP contribution in [0, 0.1) is 0 Å². The van der Waals surface area contributed by atoms with E-state index in [-0.39, 0.29) is 0 Å². The van der Waals surface area contributed by atoms with Crippen molar-refractivity contribution in [3.63, 3.8) is 0 Å². The average molecular weight is 394 g/mol. The van der Waals surface area contributed by atoms with Crippen molar-refractivity contribution in [2.24, 2.45) is 0 Å². The molecule has 0 fully saturated rings. The molecule has 5 rings (SSSR count). The van der Waals surface area contributed by atoms with E-state index in [1.54, 1.807) is 0 Å². The summed E-state index contributed by atoms with van der Waals surface area (Å²) in [5.74, 6) is 0.475. The molecule has 2 heteroatoms. The van der Waals surface area contributed by atoms with Gasteiger partial charge in [0.15, 0.2) is 19.7 Å². The third kappa shape index (κ3) is 3.16. The van der Waals surface area contributed by atoms with Crippen molar-refractivity contribution >= 4 is 31.5 Å². The van der Waals surface area contributed by atoms with Gasteiger partial charge < -0.3 is 0 Å². The maximum Gasteiger partial charge on any atom is 0.163 e. The number of hydrogen-bond donors (Lipinski definition) is 0. The van der Waals surface area contributed by atoms with Gasteiger partial charge in [0.05, 0.1) is 0 Å². The number of benzene rings is 5. The topological polar surface area (TPSA) is 17.1 Å². The summed E-state index contributed by atoms with van der Waals surface area (Å²) in [5, 5.41) is 4.71. The molecule has 1 nitrogen and oxygen atoms in total. The highest BCUT2D eigenvalue weighted by Gasteiger charge is 2.35. The average Bonchev–Trinajstić information content (AvgIpc) is 2.80. The molecule has 0 bridgehead atoms. The van der Waals surface area contributed by atoms with Crippen molar-refractivity contribution in [2.45, 2.75) is 15.5 Å². The Morgan fingerprint density at radius 1 is 0.517 bits per heavy atom. The fourth-order valence-electron chi connectivity index (χ4n) is 4.05. The Balaban J connectivity index is 1.80. The fourth-order valence-corrected chi connectivity index (χ4v) is 6.57. The minimum Gasteiger partial charge on any atom is -0.0933 e. The Hall–Kier alpha value is -3.23. The zero-order valence-electron chi connectivity index (χ0n) is 16.0. The summed E-state index contributed by atoms with van der Waals surface area (Å²) < 4.78 is 14.6. The van der Waals surface area contributed by atoms with Crippen LogP contribution >= 0.6 is 0 Å². The molecule has 0 aliphatic rings. The van der Waals surface area contributed by atoms with Crippen molar-refractivity contribution < 1.29 is 4.21 Å². The van der Waals surface area contributed by atoms with Gasteiger partial charge in [0.2, 0.25) is 0 Å². The molecule has 29 heavy (non-hydrogen) atoms. The van der Waals surface area contributed by atoms with E-state index >= 15 is 0 Å². The lowest BCUT2D eigenvalue weighted by atomic mass is 9.98. The van der Waals surface area contributed by atoms with E-state index in [0.29, 0.717) is 5.75 Å². The van der Waals surface area contributed by atoms with E-state index in [1.807, 2.05) is 60.7 Å². The molecule has 0 spiro atoms. The van der Waals surface area contributed by atoms with E-state index in [1.165, 1.54) is 21.5 Å². The number of fused-ring (bicyclic) bond motifs is 2. The van der Waals surface area contributed by atoms with Gasteiger partial charge in [-0.3, -0.25) is 0 Å². The molecule has 0 amide bonds. The van der Waals surface area contributed by atoms with Crippen molar-refractivity contribution in [2.75, 3.05) is 0 Å². The Morgan fingerprint density at radius 3 is 1.41 bits per heavy atom. The third-order valence-corrected chi connectivity index (χ3v) is 8.24. The quantitative estimate of drug-likeness (QED) is 0.235. The summed E-state index contributed by atoms with van der Waals surface area (Å²) in [7, 11) is -2.48. The van der Waals surface area contributed by atoms with Gasteiger partial charge in [-0.25, -0.2) is 0 Å². The van der Waals surface area contributed by atoms with Crippen LogP contribution in [0.5, 0.6) is 0 Å². The molecule has 0 radical (unpaired) electrons. The Morgan fingerprint density at radius 2 is 0.931 bits per heavy atom. The van der Waals surface area contributed by atoms with Crippen LogP contribution in [0.2, 0.25) is 0 Å². The van der Waals surface area contributed by atoms with Crippen LogP contribution < -0.4 is 0 Å². The maximum atomic E-state index is 14.6. The third-order valence-electron chi connectivity index (χ3n) is 5.48. The molecule has 0 aliphatic heterocycles. The summed E-state index contributed by atoms with van der Waals surface area (Å²) in [4.78, 5) is 1.76. The number of rotatable bonds is 4. The molecule has 0 saturated carbocycles. The van der Waals surface area contributed by atoms with Crippen molar-refractivity contribution in [3.8, 4) is 0 Å². The second-order valence-electron chi connectivity index (χ2n) is 7.24. The van der Waals surface area contributed by atoms with Crippen LogP contribution in [0.4, 0.5) is 0 Å². The highest BCUT2D eigenvalue weighted by Crippen LogP contribution is 2.37. The molecular weight excluding hydrogens is 372 g/mol. The van der Waals surface area contributed by atoms with Gasteiger partial charge in [0.1, 0.15) is 5.75 Å². The lowest BCUT2D eigenvalue weighted by Crippen LogP contribution is -2.15. The summed E-state index contributed by atoms with van der Waals surface area (Å²) in [6.45, 7) is 0. The molecule has 0 aromatic heterocycles. The van der Waals surface area contributed by atoms with Crippen molar-refractivity contribution in [1.82, 2.24) is 0 Å². The van der Waals surface area contributed by atoms with Gasteiger partial charge in [-0.2, -0.15) is 0 Å². The molecule has 0 atom stereocenters. The van der Waals surface area contributed by atoms with E-state index < -0.39 is 9.93 Å². The monoisotopic (exact) mass is 393 g/mol. The summed E-state index contributed by atoms with van der Waals surface area (Å²) in [6, 6.07) is 38.8. The first-order valence-electron chi connectivity index (χ1n) is 9.77. The standard InChI is InChI=1S/C27H21OS/c28-29(23-13-3-1-4-14-23,24-15-5-2-6-16-24)20-27-25-17-9-7-11-21(25)19-22-12-8-10-18-26(22)27/h1-19H,20H2/q+1. The predicted molar refractivity (Wildman–Crippen MR) is 123 cm³/mol. The first-order valence-corrected chi connectivity index (χ1v) is 11.5. The van der Waals surface area contributed by atoms with Gasteiger partial charge in [0, 0.05) is 5.56 Å². The van der Waals surface area contributed by atoms with Crippen molar-refractivity contribution in [1.29, 1.82) is 0 Å². The molecule has 140 valence electrons. The summed E-state index contributed by atoms with van der Waals surface area (Å²) >= 11 is 0. The molecule has 0 N–H and O–H groups in total. The van der Waals surface area contributed by atoms with E-state index in [9.17, 15) is 4.21 Å². The van der Waals surface area contributed by atoms with Crippen LogP contribution in [0.1, 0.15) is 5.56 Å². The van der Waals surface area contributed by atoms with Gasteiger partial charge >= 0.3 is 0 Å². The normalized spacial score (nSPS) is 11.7. The molecule has 0 saturated heterocycles. The molecule has 0 unspecified atom stereocenters. The first kappa shape index (κ1) is 17.8. The van der Waals surface area contributed by atoms with Crippen LogP contribution in [0.25, 0.3) is 21.5 Å². The Kier molecular flexibility index (Phi) is 4.49. The lowest BCUT2D eigenvalue weighted by Gasteiger charge is -2.16. The zero-order valence-corrected chi connectivity index (χ0v) is 16.8.